The first-order chi connectivity index (χ1) is 14.5. The molecule has 2 amide bonds. The number of carbonyl (C=O) groups is 2. The Kier molecular flexibility index (Phi) is 5.98. The second-order valence-corrected chi connectivity index (χ2v) is 8.87. The molecule has 3 aromatic rings. The number of nitrogens with zero attached hydrogens (tertiary/aromatic N) is 2. The van der Waals surface area contributed by atoms with Crippen LogP contribution in [0.2, 0.25) is 0 Å². The van der Waals surface area contributed by atoms with E-state index in [2.05, 4.69) is 25.8 Å². The number of hydrogen-bond donors (Lipinski definition) is 4. The first-order valence-electron chi connectivity index (χ1n) is 10.1. The fourth-order valence-corrected chi connectivity index (χ4v) is 5.20. The van der Waals surface area contributed by atoms with Crippen molar-refractivity contribution in [3.63, 3.8) is 0 Å². The smallest absolute Gasteiger partial charge is 0.404 e. The molecule has 1 aliphatic rings. The van der Waals surface area contributed by atoms with Crippen molar-refractivity contribution in [2.24, 2.45) is 5.92 Å². The third kappa shape index (κ3) is 4.79. The number of thiazole rings is 1. The number of H-pyrrole nitrogens is 1. The van der Waals surface area contributed by atoms with Gasteiger partial charge in [0.15, 0.2) is 5.82 Å². The first-order valence-corrected chi connectivity index (χ1v) is 11.0. The maximum absolute atomic E-state index is 12.5. The molecule has 158 valence electrons. The molecule has 30 heavy (non-hydrogen) atoms. The number of anilines is 1. The van der Waals surface area contributed by atoms with Crippen LogP contribution in [0, 0.1) is 5.92 Å². The normalized spacial score (nSPS) is 19.6. The van der Waals surface area contributed by atoms with Crippen LogP contribution in [0.5, 0.6) is 0 Å². The highest BCUT2D eigenvalue weighted by molar-refractivity contribution is 7.17. The van der Waals surface area contributed by atoms with Gasteiger partial charge in [0.2, 0.25) is 5.91 Å². The molecular formula is C21H25N5O3S. The van der Waals surface area contributed by atoms with Crippen LogP contribution in [0.25, 0.3) is 10.2 Å². The van der Waals surface area contributed by atoms with Gasteiger partial charge in [-0.15, -0.1) is 11.3 Å². The molecule has 4 rings (SSSR count). The van der Waals surface area contributed by atoms with E-state index in [9.17, 15) is 9.59 Å². The van der Waals surface area contributed by atoms with Crippen LogP contribution < -0.4 is 10.6 Å². The number of fused-ring (bicyclic) bond motifs is 1. The van der Waals surface area contributed by atoms with E-state index >= 15 is 0 Å². The Bertz CT molecular complexity index is 1050. The molecule has 0 aliphatic heterocycles. The summed E-state index contributed by atoms with van der Waals surface area (Å²) in [5.74, 6) is 1.27. The average molecular weight is 428 g/mol. The quantitative estimate of drug-likeness (QED) is 0.452. The summed E-state index contributed by atoms with van der Waals surface area (Å²) in [6.45, 7) is 1.90. The maximum atomic E-state index is 12.5. The van der Waals surface area contributed by atoms with E-state index in [-0.39, 0.29) is 18.4 Å². The van der Waals surface area contributed by atoms with Crippen molar-refractivity contribution in [2.45, 2.75) is 51.0 Å². The van der Waals surface area contributed by atoms with Crippen LogP contribution in [-0.4, -0.2) is 38.3 Å². The van der Waals surface area contributed by atoms with E-state index < -0.39 is 6.09 Å². The summed E-state index contributed by atoms with van der Waals surface area (Å²) in [4.78, 5) is 27.6. The standard InChI is InChI=1S/C21H25N5O3S/c1-12(23-21(28)29)7-13-5-6-14(8-13)17-10-18(26-25-17)24-19(27)9-15-3-2-4-16-20(15)30-11-22-16/h2-4,10-14,23H,5-9H2,1H3,(H,28,29)(H2,24,25,26,27)/t12?,13-,14-/m0/s1. The molecule has 0 bridgehead atoms. The molecular weight excluding hydrogens is 402 g/mol. The number of rotatable bonds is 7. The number of amides is 2. The lowest BCUT2D eigenvalue weighted by Gasteiger charge is -2.16. The van der Waals surface area contributed by atoms with Crippen molar-refractivity contribution in [1.29, 1.82) is 0 Å². The summed E-state index contributed by atoms with van der Waals surface area (Å²) >= 11 is 1.54. The van der Waals surface area contributed by atoms with Gasteiger partial charge in [0.05, 0.1) is 22.1 Å². The van der Waals surface area contributed by atoms with E-state index in [1.54, 1.807) is 16.8 Å². The Morgan fingerprint density at radius 1 is 1.37 bits per heavy atom. The molecule has 2 heterocycles. The largest absolute Gasteiger partial charge is 0.465 e. The molecule has 0 saturated heterocycles. The molecule has 1 saturated carbocycles. The minimum absolute atomic E-state index is 0.0501. The fraction of sp³-hybridized carbons (Fsp3) is 0.429. The predicted molar refractivity (Wildman–Crippen MR) is 116 cm³/mol. The number of carboxylic acid groups (broad SMARTS) is 1. The number of carbonyl (C=O) groups excluding carboxylic acids is 1. The lowest BCUT2D eigenvalue weighted by Crippen LogP contribution is -2.32. The summed E-state index contributed by atoms with van der Waals surface area (Å²) < 4.78 is 1.04. The summed E-state index contributed by atoms with van der Waals surface area (Å²) in [7, 11) is 0. The van der Waals surface area contributed by atoms with Gasteiger partial charge in [-0.3, -0.25) is 9.89 Å². The highest BCUT2D eigenvalue weighted by atomic mass is 32.1. The summed E-state index contributed by atoms with van der Waals surface area (Å²) in [5.41, 5.74) is 4.69. The van der Waals surface area contributed by atoms with E-state index in [4.69, 9.17) is 5.11 Å². The SMILES string of the molecule is CC(C[C@@H]1CC[C@H](c2cc(NC(=O)Cc3cccc4ncsc34)n[nH]2)C1)NC(=O)O. The Labute approximate surface area is 178 Å². The third-order valence-corrected chi connectivity index (χ3v) is 6.61. The molecule has 1 unspecified atom stereocenters. The number of hydrogen-bond acceptors (Lipinski definition) is 5. The number of aromatic amines is 1. The Morgan fingerprint density at radius 3 is 3.07 bits per heavy atom. The van der Waals surface area contributed by atoms with Gasteiger partial charge in [0.25, 0.3) is 0 Å². The fourth-order valence-electron chi connectivity index (χ4n) is 4.40. The highest BCUT2D eigenvalue weighted by Gasteiger charge is 2.28. The van der Waals surface area contributed by atoms with Gasteiger partial charge in [-0.2, -0.15) is 5.10 Å². The summed E-state index contributed by atoms with van der Waals surface area (Å²) in [6.07, 6.45) is 3.24. The molecule has 0 spiro atoms. The monoisotopic (exact) mass is 427 g/mol. The highest BCUT2D eigenvalue weighted by Crippen LogP contribution is 2.40. The zero-order valence-electron chi connectivity index (χ0n) is 16.7. The Morgan fingerprint density at radius 2 is 2.23 bits per heavy atom. The van der Waals surface area contributed by atoms with Crippen molar-refractivity contribution in [3.05, 3.63) is 41.0 Å². The van der Waals surface area contributed by atoms with Crippen molar-refractivity contribution in [1.82, 2.24) is 20.5 Å². The lowest BCUT2D eigenvalue weighted by atomic mass is 9.96. The van der Waals surface area contributed by atoms with E-state index in [0.29, 0.717) is 17.7 Å². The predicted octanol–water partition coefficient (Wildman–Crippen LogP) is 4.13. The molecule has 0 radical (unpaired) electrons. The van der Waals surface area contributed by atoms with Gasteiger partial charge in [0.1, 0.15) is 0 Å². The lowest BCUT2D eigenvalue weighted by molar-refractivity contribution is -0.115. The maximum Gasteiger partial charge on any atom is 0.404 e. The molecule has 2 aromatic heterocycles. The van der Waals surface area contributed by atoms with Crippen LogP contribution in [-0.2, 0) is 11.2 Å². The van der Waals surface area contributed by atoms with Gasteiger partial charge in [0, 0.05) is 23.7 Å². The van der Waals surface area contributed by atoms with Crippen molar-refractivity contribution >= 4 is 39.4 Å². The second-order valence-electron chi connectivity index (χ2n) is 8.01. The van der Waals surface area contributed by atoms with Crippen LogP contribution in [0.15, 0.2) is 29.8 Å². The molecule has 4 N–H and O–H groups in total. The van der Waals surface area contributed by atoms with Gasteiger partial charge in [-0.05, 0) is 50.2 Å². The van der Waals surface area contributed by atoms with Crippen LogP contribution >= 0.6 is 11.3 Å². The third-order valence-electron chi connectivity index (χ3n) is 5.69. The number of benzene rings is 1. The average Bonchev–Trinajstić information content (AvgIpc) is 3.41. The molecule has 1 fully saturated rings. The first kappa shape index (κ1) is 20.3. The minimum atomic E-state index is -0.974. The van der Waals surface area contributed by atoms with Crippen LogP contribution in [0.4, 0.5) is 10.6 Å². The second kappa shape index (κ2) is 8.83. The van der Waals surface area contributed by atoms with Gasteiger partial charge in [-0.25, -0.2) is 9.78 Å². The summed E-state index contributed by atoms with van der Waals surface area (Å²) in [6, 6.07) is 7.68. The van der Waals surface area contributed by atoms with E-state index in [0.717, 1.165) is 47.2 Å². The van der Waals surface area contributed by atoms with E-state index in [1.807, 2.05) is 31.2 Å². The zero-order chi connectivity index (χ0) is 21.1. The number of nitrogens with one attached hydrogen (secondary N) is 3. The van der Waals surface area contributed by atoms with Gasteiger partial charge in [-0.1, -0.05) is 12.1 Å². The molecule has 8 nitrogen and oxygen atoms in total. The minimum Gasteiger partial charge on any atom is -0.465 e. The zero-order valence-corrected chi connectivity index (χ0v) is 17.5. The Balaban J connectivity index is 1.31. The van der Waals surface area contributed by atoms with Crippen molar-refractivity contribution < 1.29 is 14.7 Å². The van der Waals surface area contributed by atoms with E-state index in [1.165, 1.54) is 0 Å². The van der Waals surface area contributed by atoms with Gasteiger partial charge < -0.3 is 15.7 Å². The molecule has 9 heteroatoms. The summed E-state index contributed by atoms with van der Waals surface area (Å²) in [5, 5.41) is 21.6. The molecule has 1 aliphatic carbocycles. The Hall–Kier alpha value is -2.94. The topological polar surface area (TPSA) is 120 Å². The van der Waals surface area contributed by atoms with Crippen molar-refractivity contribution in [3.8, 4) is 0 Å². The van der Waals surface area contributed by atoms with Gasteiger partial charge >= 0.3 is 6.09 Å². The van der Waals surface area contributed by atoms with Crippen LogP contribution in [0.3, 0.4) is 0 Å². The number of aromatic nitrogens is 3. The van der Waals surface area contributed by atoms with Crippen molar-refractivity contribution in [2.75, 3.05) is 5.32 Å². The molecule has 3 atom stereocenters. The molecule has 1 aromatic carbocycles. The van der Waals surface area contributed by atoms with Crippen LogP contribution in [0.1, 0.15) is 49.8 Å².